The first kappa shape index (κ1) is 24.6. The number of aryl methyl sites for hydroxylation is 2. The van der Waals surface area contributed by atoms with Gasteiger partial charge in [0.2, 0.25) is 10.0 Å². The average molecular weight is 444 g/mol. The lowest BCUT2D eigenvalue weighted by atomic mass is 10.00. The van der Waals surface area contributed by atoms with Gasteiger partial charge in [-0.25, -0.2) is 8.42 Å². The fourth-order valence-electron chi connectivity index (χ4n) is 3.63. The standard InChI is InChI=1S/C20H37N5O4S/c1-7-21-20(22-14-16(4)19-17(5)23-29-18(19)6)24-8-10-25(11-9-24)30(26,27)13-12-28-15(2)3/h15-16H,7-14H2,1-6H3,(H,21,22). The predicted molar refractivity (Wildman–Crippen MR) is 118 cm³/mol. The highest BCUT2D eigenvalue weighted by Crippen LogP contribution is 2.23. The van der Waals surface area contributed by atoms with E-state index in [9.17, 15) is 8.42 Å². The van der Waals surface area contributed by atoms with E-state index in [-0.39, 0.29) is 24.4 Å². The average Bonchev–Trinajstić information content (AvgIpc) is 3.03. The van der Waals surface area contributed by atoms with Crippen molar-refractivity contribution in [1.29, 1.82) is 0 Å². The van der Waals surface area contributed by atoms with Gasteiger partial charge in [-0.05, 0) is 34.6 Å². The van der Waals surface area contributed by atoms with Crippen molar-refractivity contribution in [1.82, 2.24) is 19.7 Å². The van der Waals surface area contributed by atoms with Gasteiger partial charge in [0.15, 0.2) is 5.96 Å². The Bertz CT molecular complexity index is 779. The van der Waals surface area contributed by atoms with Crippen LogP contribution in [0.25, 0.3) is 0 Å². The maximum Gasteiger partial charge on any atom is 0.216 e. The third-order valence-corrected chi connectivity index (χ3v) is 6.99. The van der Waals surface area contributed by atoms with Crippen molar-refractivity contribution < 1.29 is 17.7 Å². The van der Waals surface area contributed by atoms with Crippen LogP contribution in [0.2, 0.25) is 0 Å². The number of sulfonamides is 1. The Balaban J connectivity index is 1.96. The van der Waals surface area contributed by atoms with Crippen LogP contribution in [0.1, 0.15) is 50.6 Å². The summed E-state index contributed by atoms with van der Waals surface area (Å²) in [5.41, 5.74) is 2.01. The van der Waals surface area contributed by atoms with Crippen LogP contribution in [0.15, 0.2) is 9.52 Å². The molecule has 1 saturated heterocycles. The molecular weight excluding hydrogens is 406 g/mol. The second-order valence-electron chi connectivity index (χ2n) is 7.96. The Morgan fingerprint density at radius 2 is 1.90 bits per heavy atom. The molecule has 1 N–H and O–H groups in total. The van der Waals surface area contributed by atoms with Crippen molar-refractivity contribution in [2.75, 3.05) is 51.6 Å². The van der Waals surface area contributed by atoms with E-state index < -0.39 is 10.0 Å². The fraction of sp³-hybridized carbons (Fsp3) is 0.800. The number of aliphatic imine (C=N–C) groups is 1. The van der Waals surface area contributed by atoms with Crippen LogP contribution in [0.3, 0.4) is 0 Å². The van der Waals surface area contributed by atoms with Crippen molar-refractivity contribution in [3.8, 4) is 0 Å². The topological polar surface area (TPSA) is 100 Å². The predicted octanol–water partition coefficient (Wildman–Crippen LogP) is 1.73. The molecule has 1 aromatic rings. The number of hydrogen-bond acceptors (Lipinski definition) is 6. The first-order valence-electron chi connectivity index (χ1n) is 10.7. The third-order valence-electron chi connectivity index (χ3n) is 5.16. The van der Waals surface area contributed by atoms with Crippen molar-refractivity contribution >= 4 is 16.0 Å². The smallest absolute Gasteiger partial charge is 0.216 e. The summed E-state index contributed by atoms with van der Waals surface area (Å²) in [5.74, 6) is 1.86. The monoisotopic (exact) mass is 443 g/mol. The number of rotatable bonds is 9. The lowest BCUT2D eigenvalue weighted by molar-refractivity contribution is 0.0904. The van der Waals surface area contributed by atoms with Gasteiger partial charge in [-0.3, -0.25) is 4.99 Å². The summed E-state index contributed by atoms with van der Waals surface area (Å²) < 4.78 is 37.3. The molecule has 172 valence electrons. The SMILES string of the molecule is CCNC(=NCC(C)c1c(C)noc1C)N1CCN(S(=O)(=O)CCOC(C)C)CC1. The maximum absolute atomic E-state index is 12.5. The van der Waals surface area contributed by atoms with Gasteiger partial charge in [0.25, 0.3) is 0 Å². The summed E-state index contributed by atoms with van der Waals surface area (Å²) >= 11 is 0. The summed E-state index contributed by atoms with van der Waals surface area (Å²) in [6.07, 6.45) is 0.0312. The van der Waals surface area contributed by atoms with Gasteiger partial charge in [-0.1, -0.05) is 12.1 Å². The van der Waals surface area contributed by atoms with Crippen LogP contribution in [-0.2, 0) is 14.8 Å². The summed E-state index contributed by atoms with van der Waals surface area (Å²) in [5, 5.41) is 7.36. The molecule has 2 heterocycles. The minimum Gasteiger partial charge on any atom is -0.378 e. The molecule has 0 aromatic carbocycles. The van der Waals surface area contributed by atoms with Crippen molar-refractivity contribution in [3.63, 3.8) is 0 Å². The van der Waals surface area contributed by atoms with Crippen LogP contribution < -0.4 is 5.32 Å². The van der Waals surface area contributed by atoms with Crippen LogP contribution in [-0.4, -0.2) is 86.5 Å². The van der Waals surface area contributed by atoms with Crippen molar-refractivity contribution in [3.05, 3.63) is 17.0 Å². The second-order valence-corrected chi connectivity index (χ2v) is 10.0. The Morgan fingerprint density at radius 3 is 2.43 bits per heavy atom. The summed E-state index contributed by atoms with van der Waals surface area (Å²) in [6.45, 7) is 15.5. The Morgan fingerprint density at radius 1 is 1.23 bits per heavy atom. The Labute approximate surface area is 180 Å². The summed E-state index contributed by atoms with van der Waals surface area (Å²) in [4.78, 5) is 6.93. The Kier molecular flexibility index (Phi) is 9.11. The molecule has 1 atom stereocenters. The molecule has 0 aliphatic carbocycles. The molecule has 30 heavy (non-hydrogen) atoms. The largest absolute Gasteiger partial charge is 0.378 e. The van der Waals surface area contributed by atoms with E-state index in [0.29, 0.717) is 32.7 Å². The number of ether oxygens (including phenoxy) is 1. The normalized spacial score (nSPS) is 17.6. The molecule has 0 radical (unpaired) electrons. The number of hydrogen-bond donors (Lipinski definition) is 1. The Hall–Kier alpha value is -1.65. The van der Waals surface area contributed by atoms with Gasteiger partial charge in [-0.2, -0.15) is 4.31 Å². The molecule has 1 aliphatic rings. The van der Waals surface area contributed by atoms with E-state index in [2.05, 4.69) is 22.3 Å². The number of guanidine groups is 1. The zero-order valence-electron chi connectivity index (χ0n) is 19.1. The minimum absolute atomic E-state index is 0.0221. The number of piperazine rings is 1. The van der Waals surface area contributed by atoms with Crippen LogP contribution >= 0.6 is 0 Å². The second kappa shape index (κ2) is 11.1. The minimum atomic E-state index is -3.30. The van der Waals surface area contributed by atoms with Gasteiger partial charge in [0, 0.05) is 50.7 Å². The lowest BCUT2D eigenvalue weighted by Gasteiger charge is -2.36. The van der Waals surface area contributed by atoms with E-state index >= 15 is 0 Å². The zero-order chi connectivity index (χ0) is 22.3. The van der Waals surface area contributed by atoms with E-state index in [1.165, 1.54) is 0 Å². The van der Waals surface area contributed by atoms with Crippen LogP contribution in [0, 0.1) is 13.8 Å². The molecule has 0 spiro atoms. The first-order valence-corrected chi connectivity index (χ1v) is 12.3. The molecule has 0 bridgehead atoms. The maximum atomic E-state index is 12.5. The van der Waals surface area contributed by atoms with Crippen molar-refractivity contribution in [2.45, 2.75) is 53.6 Å². The zero-order valence-corrected chi connectivity index (χ0v) is 20.0. The molecule has 1 aliphatic heterocycles. The van der Waals surface area contributed by atoms with Gasteiger partial charge >= 0.3 is 0 Å². The van der Waals surface area contributed by atoms with Gasteiger partial charge < -0.3 is 19.5 Å². The number of nitrogens with one attached hydrogen (secondary N) is 1. The summed E-state index contributed by atoms with van der Waals surface area (Å²) in [7, 11) is -3.30. The fourth-order valence-corrected chi connectivity index (χ4v) is 4.92. The first-order chi connectivity index (χ1) is 14.2. The van der Waals surface area contributed by atoms with E-state index in [1.807, 2.05) is 34.6 Å². The van der Waals surface area contributed by atoms with E-state index in [1.54, 1.807) is 4.31 Å². The van der Waals surface area contributed by atoms with Crippen LogP contribution in [0.5, 0.6) is 0 Å². The van der Waals surface area contributed by atoms with E-state index in [0.717, 1.165) is 29.5 Å². The van der Waals surface area contributed by atoms with Crippen molar-refractivity contribution in [2.24, 2.45) is 4.99 Å². The highest BCUT2D eigenvalue weighted by atomic mass is 32.2. The van der Waals surface area contributed by atoms with E-state index in [4.69, 9.17) is 14.3 Å². The lowest BCUT2D eigenvalue weighted by Crippen LogP contribution is -2.54. The van der Waals surface area contributed by atoms with Gasteiger partial charge in [0.1, 0.15) is 5.76 Å². The molecule has 1 aromatic heterocycles. The molecule has 9 nitrogen and oxygen atoms in total. The molecule has 2 rings (SSSR count). The molecule has 1 unspecified atom stereocenters. The molecule has 1 fully saturated rings. The van der Waals surface area contributed by atoms with Gasteiger partial charge in [-0.15, -0.1) is 0 Å². The molecule has 10 heteroatoms. The molecular formula is C20H37N5O4S. The quantitative estimate of drug-likeness (QED) is 0.458. The molecule has 0 saturated carbocycles. The highest BCUT2D eigenvalue weighted by molar-refractivity contribution is 7.89. The van der Waals surface area contributed by atoms with Gasteiger partial charge in [0.05, 0.1) is 24.2 Å². The van der Waals surface area contributed by atoms with Crippen LogP contribution in [0.4, 0.5) is 0 Å². The number of aromatic nitrogens is 1. The highest BCUT2D eigenvalue weighted by Gasteiger charge is 2.28. The number of nitrogens with zero attached hydrogens (tertiary/aromatic N) is 4. The molecule has 0 amide bonds. The summed E-state index contributed by atoms with van der Waals surface area (Å²) in [6, 6.07) is 0. The third kappa shape index (κ3) is 6.68.